The standard InChI is InChI=1S/C16H24N4O3/c1-10(2)13-17-14(22-19-13)12-5-7-20(8-6-12)15(21)16(4)9-11(3)18-23-16/h10,12H,5-9H2,1-4H3/t16-/m0/s1. The fraction of sp³-hybridized carbons (Fsp3) is 0.750. The minimum absolute atomic E-state index is 0.0185. The van der Waals surface area contributed by atoms with Crippen molar-refractivity contribution < 1.29 is 14.2 Å². The maximum Gasteiger partial charge on any atom is 0.269 e. The molecule has 1 fully saturated rings. The van der Waals surface area contributed by atoms with Gasteiger partial charge in [-0.3, -0.25) is 4.79 Å². The van der Waals surface area contributed by atoms with E-state index < -0.39 is 5.60 Å². The fourth-order valence-corrected chi connectivity index (χ4v) is 3.16. The summed E-state index contributed by atoms with van der Waals surface area (Å²) in [5.41, 5.74) is 0.0227. The number of piperidine rings is 1. The molecule has 23 heavy (non-hydrogen) atoms. The molecule has 7 heteroatoms. The first-order valence-electron chi connectivity index (χ1n) is 8.23. The molecule has 1 aromatic rings. The van der Waals surface area contributed by atoms with Crippen molar-refractivity contribution >= 4 is 11.6 Å². The number of hydrogen-bond donors (Lipinski definition) is 0. The van der Waals surface area contributed by atoms with Gasteiger partial charge in [-0.15, -0.1) is 0 Å². The molecule has 3 rings (SSSR count). The van der Waals surface area contributed by atoms with Gasteiger partial charge in [0.1, 0.15) is 0 Å². The van der Waals surface area contributed by atoms with E-state index in [0.29, 0.717) is 25.4 Å². The number of nitrogens with zero attached hydrogens (tertiary/aromatic N) is 4. The third-order valence-corrected chi connectivity index (χ3v) is 4.55. The summed E-state index contributed by atoms with van der Waals surface area (Å²) in [5, 5.41) is 7.95. The molecule has 7 nitrogen and oxygen atoms in total. The Morgan fingerprint density at radius 2 is 2.04 bits per heavy atom. The third-order valence-electron chi connectivity index (χ3n) is 4.55. The van der Waals surface area contributed by atoms with Crippen LogP contribution < -0.4 is 0 Å². The van der Waals surface area contributed by atoms with E-state index in [2.05, 4.69) is 15.3 Å². The predicted octanol–water partition coefficient (Wildman–Crippen LogP) is 2.45. The molecular formula is C16H24N4O3. The SMILES string of the molecule is CC1=NO[C@](C)(C(=O)N2CCC(c3nc(C(C)C)no3)CC2)C1. The zero-order valence-electron chi connectivity index (χ0n) is 14.2. The summed E-state index contributed by atoms with van der Waals surface area (Å²) < 4.78 is 5.39. The molecule has 0 aromatic carbocycles. The van der Waals surface area contributed by atoms with E-state index in [-0.39, 0.29) is 17.7 Å². The number of carbonyl (C=O) groups is 1. The largest absolute Gasteiger partial charge is 0.379 e. The highest BCUT2D eigenvalue weighted by Gasteiger charge is 2.44. The Bertz CT molecular complexity index is 617. The fourth-order valence-electron chi connectivity index (χ4n) is 3.16. The van der Waals surface area contributed by atoms with Crippen molar-refractivity contribution in [2.75, 3.05) is 13.1 Å². The molecule has 0 radical (unpaired) electrons. The lowest BCUT2D eigenvalue weighted by Gasteiger charge is -2.34. The molecule has 1 saturated heterocycles. The maximum atomic E-state index is 12.7. The zero-order chi connectivity index (χ0) is 16.6. The van der Waals surface area contributed by atoms with Crippen LogP contribution in [-0.2, 0) is 9.63 Å². The van der Waals surface area contributed by atoms with Crippen molar-refractivity contribution in [3.05, 3.63) is 11.7 Å². The molecule has 0 unspecified atom stereocenters. The molecule has 0 N–H and O–H groups in total. The maximum absolute atomic E-state index is 12.7. The Morgan fingerprint density at radius 3 is 2.57 bits per heavy atom. The minimum atomic E-state index is -0.841. The lowest BCUT2D eigenvalue weighted by Crippen LogP contribution is -2.49. The number of likely N-dealkylation sites (tertiary alicyclic amines) is 1. The molecule has 1 atom stereocenters. The topological polar surface area (TPSA) is 80.8 Å². The second kappa shape index (κ2) is 5.94. The van der Waals surface area contributed by atoms with E-state index in [9.17, 15) is 4.79 Å². The van der Waals surface area contributed by atoms with Gasteiger partial charge in [-0.25, -0.2) is 0 Å². The summed E-state index contributed by atoms with van der Waals surface area (Å²) in [7, 11) is 0. The molecule has 1 amide bonds. The third kappa shape index (κ3) is 3.09. The summed E-state index contributed by atoms with van der Waals surface area (Å²) in [6.07, 6.45) is 2.23. The van der Waals surface area contributed by atoms with Gasteiger partial charge in [0.15, 0.2) is 5.82 Å². The highest BCUT2D eigenvalue weighted by Crippen LogP contribution is 2.31. The van der Waals surface area contributed by atoms with Crippen LogP contribution in [0.25, 0.3) is 0 Å². The Kier molecular flexibility index (Phi) is 4.12. The van der Waals surface area contributed by atoms with Gasteiger partial charge in [-0.1, -0.05) is 24.2 Å². The van der Waals surface area contributed by atoms with Gasteiger partial charge >= 0.3 is 0 Å². The highest BCUT2D eigenvalue weighted by molar-refractivity contribution is 5.94. The van der Waals surface area contributed by atoms with Crippen molar-refractivity contribution in [3.8, 4) is 0 Å². The predicted molar refractivity (Wildman–Crippen MR) is 84.2 cm³/mol. The van der Waals surface area contributed by atoms with Crippen molar-refractivity contribution in [2.45, 2.75) is 64.4 Å². The lowest BCUT2D eigenvalue weighted by molar-refractivity contribution is -0.154. The normalized spacial score (nSPS) is 25.6. The summed E-state index contributed by atoms with van der Waals surface area (Å²) in [4.78, 5) is 24.4. The van der Waals surface area contributed by atoms with Crippen LogP contribution in [0.2, 0.25) is 0 Å². The Labute approximate surface area is 136 Å². The molecule has 1 aromatic heterocycles. The van der Waals surface area contributed by atoms with E-state index in [1.54, 1.807) is 0 Å². The van der Waals surface area contributed by atoms with Crippen molar-refractivity contribution in [1.29, 1.82) is 0 Å². The Hall–Kier alpha value is -1.92. The number of oxime groups is 1. The molecule has 126 valence electrons. The number of hydrogen-bond acceptors (Lipinski definition) is 6. The van der Waals surface area contributed by atoms with Crippen molar-refractivity contribution in [2.24, 2.45) is 5.16 Å². The number of amides is 1. The lowest BCUT2D eigenvalue weighted by atomic mass is 9.93. The molecular weight excluding hydrogens is 296 g/mol. The Balaban J connectivity index is 1.59. The average Bonchev–Trinajstić information content (AvgIpc) is 3.15. The number of rotatable bonds is 3. The number of aromatic nitrogens is 2. The van der Waals surface area contributed by atoms with Crippen LogP contribution in [0.4, 0.5) is 0 Å². The van der Waals surface area contributed by atoms with Crippen LogP contribution >= 0.6 is 0 Å². The molecule has 0 spiro atoms. The van der Waals surface area contributed by atoms with E-state index in [1.807, 2.05) is 32.6 Å². The molecule has 3 heterocycles. The van der Waals surface area contributed by atoms with Gasteiger partial charge in [0, 0.05) is 31.3 Å². The summed E-state index contributed by atoms with van der Waals surface area (Å²) >= 11 is 0. The van der Waals surface area contributed by atoms with E-state index in [4.69, 9.17) is 9.36 Å². The molecule has 0 saturated carbocycles. The quantitative estimate of drug-likeness (QED) is 0.854. The van der Waals surface area contributed by atoms with Crippen LogP contribution in [0.5, 0.6) is 0 Å². The highest BCUT2D eigenvalue weighted by atomic mass is 16.7. The van der Waals surface area contributed by atoms with Crippen LogP contribution in [0, 0.1) is 0 Å². The monoisotopic (exact) mass is 320 g/mol. The van der Waals surface area contributed by atoms with Gasteiger partial charge in [0.05, 0.1) is 5.71 Å². The molecule has 2 aliphatic heterocycles. The first kappa shape index (κ1) is 16.0. The second-order valence-electron chi connectivity index (χ2n) is 7.04. The smallest absolute Gasteiger partial charge is 0.269 e. The summed E-state index contributed by atoms with van der Waals surface area (Å²) in [6, 6.07) is 0. The van der Waals surface area contributed by atoms with Gasteiger partial charge < -0.3 is 14.3 Å². The average molecular weight is 320 g/mol. The molecule has 0 aliphatic carbocycles. The molecule has 2 aliphatic rings. The van der Waals surface area contributed by atoms with Crippen LogP contribution in [0.15, 0.2) is 9.68 Å². The first-order chi connectivity index (χ1) is 10.9. The van der Waals surface area contributed by atoms with E-state index in [1.165, 1.54) is 0 Å². The van der Waals surface area contributed by atoms with Crippen molar-refractivity contribution in [1.82, 2.24) is 15.0 Å². The zero-order valence-corrected chi connectivity index (χ0v) is 14.2. The van der Waals surface area contributed by atoms with E-state index in [0.717, 1.165) is 24.4 Å². The van der Waals surface area contributed by atoms with Crippen LogP contribution in [0.1, 0.15) is 70.5 Å². The van der Waals surface area contributed by atoms with Gasteiger partial charge in [0.25, 0.3) is 5.91 Å². The van der Waals surface area contributed by atoms with Gasteiger partial charge in [-0.05, 0) is 26.7 Å². The van der Waals surface area contributed by atoms with E-state index >= 15 is 0 Å². The number of carbonyl (C=O) groups excluding carboxylic acids is 1. The van der Waals surface area contributed by atoms with Crippen LogP contribution in [0.3, 0.4) is 0 Å². The second-order valence-corrected chi connectivity index (χ2v) is 7.04. The summed E-state index contributed by atoms with van der Waals surface area (Å²) in [6.45, 7) is 9.15. The minimum Gasteiger partial charge on any atom is -0.379 e. The summed E-state index contributed by atoms with van der Waals surface area (Å²) in [5.74, 6) is 1.96. The van der Waals surface area contributed by atoms with Crippen LogP contribution in [-0.4, -0.2) is 45.3 Å². The van der Waals surface area contributed by atoms with Gasteiger partial charge in [-0.2, -0.15) is 4.98 Å². The van der Waals surface area contributed by atoms with Gasteiger partial charge in [0.2, 0.25) is 11.5 Å². The molecule has 0 bridgehead atoms. The van der Waals surface area contributed by atoms with Crippen molar-refractivity contribution in [3.63, 3.8) is 0 Å². The Morgan fingerprint density at radius 1 is 1.35 bits per heavy atom. The first-order valence-corrected chi connectivity index (χ1v) is 8.23.